The van der Waals surface area contributed by atoms with Crippen molar-refractivity contribution in [3.05, 3.63) is 65.9 Å². The fourth-order valence-corrected chi connectivity index (χ4v) is 4.36. The number of aromatic amines is 1. The molecule has 3 heterocycles. The number of rotatable bonds is 5. The Morgan fingerprint density at radius 2 is 1.94 bits per heavy atom. The van der Waals surface area contributed by atoms with E-state index in [2.05, 4.69) is 46.3 Å². The number of nitrogen functional groups attached to an aromatic ring is 1. The molecule has 1 atom stereocenters. The number of carbonyl (C=O) groups excluding carboxylic acids is 1. The lowest BCUT2D eigenvalue weighted by Gasteiger charge is -2.35. The first-order valence-corrected chi connectivity index (χ1v) is 11.6. The molecule has 35 heavy (non-hydrogen) atoms. The van der Waals surface area contributed by atoms with E-state index in [-0.39, 0.29) is 29.9 Å². The highest BCUT2D eigenvalue weighted by Gasteiger charge is 2.29. The van der Waals surface area contributed by atoms with Gasteiger partial charge in [-0.2, -0.15) is 15.1 Å². The van der Waals surface area contributed by atoms with Crippen LogP contribution in [0.1, 0.15) is 31.9 Å². The number of fused-ring (bicyclic) bond motifs is 2. The Labute approximate surface area is 203 Å². The van der Waals surface area contributed by atoms with Crippen molar-refractivity contribution in [2.45, 2.75) is 38.6 Å². The van der Waals surface area contributed by atoms with Gasteiger partial charge in [0, 0.05) is 18.3 Å². The van der Waals surface area contributed by atoms with E-state index in [1.807, 2.05) is 48.5 Å². The van der Waals surface area contributed by atoms with Gasteiger partial charge in [-0.3, -0.25) is 9.89 Å². The van der Waals surface area contributed by atoms with E-state index < -0.39 is 0 Å². The van der Waals surface area contributed by atoms with E-state index in [0.29, 0.717) is 23.8 Å². The second-order valence-electron chi connectivity index (χ2n) is 9.80. The molecule has 1 aliphatic heterocycles. The Morgan fingerprint density at radius 3 is 2.71 bits per heavy atom. The van der Waals surface area contributed by atoms with Crippen molar-refractivity contribution in [2.24, 2.45) is 0 Å². The lowest BCUT2D eigenvalue weighted by molar-refractivity contribution is -0.120. The summed E-state index contributed by atoms with van der Waals surface area (Å²) in [5.41, 5.74) is 9.69. The van der Waals surface area contributed by atoms with Gasteiger partial charge >= 0.3 is 0 Å². The fourth-order valence-electron chi connectivity index (χ4n) is 4.36. The number of carbonyl (C=O) groups is 1. The van der Waals surface area contributed by atoms with Crippen LogP contribution in [0, 0.1) is 0 Å². The molecular weight excluding hydrogens is 442 g/mol. The van der Waals surface area contributed by atoms with Gasteiger partial charge in [-0.25, -0.2) is 0 Å². The molecule has 4 N–H and O–H groups in total. The maximum atomic E-state index is 13.3. The zero-order valence-electron chi connectivity index (χ0n) is 20.1. The predicted octanol–water partition coefficient (Wildman–Crippen LogP) is 3.68. The topological polar surface area (TPSA) is 122 Å². The van der Waals surface area contributed by atoms with Crippen LogP contribution in [0.2, 0.25) is 0 Å². The minimum Gasteiger partial charge on any atom is -0.484 e. The summed E-state index contributed by atoms with van der Waals surface area (Å²) in [6.07, 6.45) is 2.40. The number of nitrogens with zero attached hydrogens (tertiary/aromatic N) is 4. The first-order chi connectivity index (χ1) is 16.8. The van der Waals surface area contributed by atoms with Gasteiger partial charge in [0.15, 0.2) is 12.3 Å². The van der Waals surface area contributed by atoms with Gasteiger partial charge in [-0.1, -0.05) is 51.1 Å². The van der Waals surface area contributed by atoms with Crippen molar-refractivity contribution >= 4 is 34.4 Å². The van der Waals surface area contributed by atoms with Crippen LogP contribution in [0.5, 0.6) is 5.75 Å². The largest absolute Gasteiger partial charge is 0.484 e. The Balaban J connectivity index is 1.33. The predicted molar refractivity (Wildman–Crippen MR) is 137 cm³/mol. The molecule has 9 heteroatoms. The summed E-state index contributed by atoms with van der Waals surface area (Å²) >= 11 is 0. The number of benzene rings is 2. The SMILES string of the molecule is CC(C)(C)c1ccc(OCC(=O)N2CC(Nc3nc(N)nc4[nH]ncc34)Cc3ccccc32)cc1. The van der Waals surface area contributed by atoms with Gasteiger partial charge in [0.05, 0.1) is 11.6 Å². The number of H-pyrrole nitrogens is 1. The maximum Gasteiger partial charge on any atom is 0.264 e. The smallest absolute Gasteiger partial charge is 0.264 e. The summed E-state index contributed by atoms with van der Waals surface area (Å²) in [7, 11) is 0. The number of hydrogen-bond donors (Lipinski definition) is 3. The van der Waals surface area contributed by atoms with E-state index >= 15 is 0 Å². The maximum absolute atomic E-state index is 13.3. The molecule has 0 fully saturated rings. The first-order valence-electron chi connectivity index (χ1n) is 11.6. The van der Waals surface area contributed by atoms with E-state index in [1.165, 1.54) is 5.56 Å². The van der Waals surface area contributed by atoms with E-state index in [0.717, 1.165) is 23.1 Å². The number of para-hydroxylation sites is 1. The summed E-state index contributed by atoms with van der Waals surface area (Å²) in [6.45, 7) is 6.90. The standard InChI is InChI=1S/C26H29N7O2/c1-26(2,3)17-8-10-19(11-9-17)35-15-22(34)33-14-18(12-16-6-4-5-7-21(16)33)29-23-20-13-28-32-24(20)31-25(27)30-23/h4-11,13,18H,12,14-15H2,1-3H3,(H4,27,28,29,30,31,32). The second-order valence-corrected chi connectivity index (χ2v) is 9.80. The number of aromatic nitrogens is 4. The normalized spacial score (nSPS) is 15.6. The van der Waals surface area contributed by atoms with Gasteiger partial charge in [0.1, 0.15) is 11.6 Å². The van der Waals surface area contributed by atoms with Crippen LogP contribution >= 0.6 is 0 Å². The molecule has 2 aromatic carbocycles. The molecule has 1 aliphatic rings. The van der Waals surface area contributed by atoms with Crippen LogP contribution < -0.4 is 20.7 Å². The molecule has 5 rings (SSSR count). The van der Waals surface area contributed by atoms with Crippen LogP contribution in [0.4, 0.5) is 17.5 Å². The molecule has 9 nitrogen and oxygen atoms in total. The highest BCUT2D eigenvalue weighted by molar-refractivity contribution is 5.96. The average molecular weight is 472 g/mol. The molecule has 1 unspecified atom stereocenters. The number of nitrogens with two attached hydrogens (primary N) is 1. The van der Waals surface area contributed by atoms with E-state index in [4.69, 9.17) is 10.5 Å². The van der Waals surface area contributed by atoms with Crippen molar-refractivity contribution in [3.8, 4) is 5.75 Å². The summed E-state index contributed by atoms with van der Waals surface area (Å²) in [6, 6.07) is 15.8. The number of hydrogen-bond acceptors (Lipinski definition) is 7. The molecule has 1 amide bonds. The minimum absolute atomic E-state index is 0.0532. The monoisotopic (exact) mass is 471 g/mol. The molecule has 0 spiro atoms. The molecule has 0 radical (unpaired) electrons. The van der Waals surface area contributed by atoms with Crippen LogP contribution in [-0.2, 0) is 16.6 Å². The molecule has 0 bridgehead atoms. The van der Waals surface area contributed by atoms with Gasteiger partial charge in [0.2, 0.25) is 5.95 Å². The molecular formula is C26H29N7O2. The van der Waals surface area contributed by atoms with Crippen molar-refractivity contribution in [1.82, 2.24) is 20.2 Å². The third-order valence-electron chi connectivity index (χ3n) is 6.20. The second kappa shape index (κ2) is 8.90. The Hall–Kier alpha value is -4.14. The van der Waals surface area contributed by atoms with Crippen LogP contribution in [0.25, 0.3) is 11.0 Å². The van der Waals surface area contributed by atoms with Crippen LogP contribution in [0.3, 0.4) is 0 Å². The van der Waals surface area contributed by atoms with Gasteiger partial charge in [-0.15, -0.1) is 0 Å². The molecule has 4 aromatic rings. The molecule has 0 saturated heterocycles. The molecule has 180 valence electrons. The van der Waals surface area contributed by atoms with Gasteiger partial charge in [0.25, 0.3) is 5.91 Å². The quantitative estimate of drug-likeness (QED) is 0.406. The average Bonchev–Trinajstić information content (AvgIpc) is 3.30. The summed E-state index contributed by atoms with van der Waals surface area (Å²) in [4.78, 5) is 23.6. The Bertz CT molecular complexity index is 1360. The van der Waals surface area contributed by atoms with E-state index in [9.17, 15) is 4.79 Å². The Kier molecular flexibility index (Phi) is 5.76. The third kappa shape index (κ3) is 4.75. The van der Waals surface area contributed by atoms with Crippen molar-refractivity contribution in [3.63, 3.8) is 0 Å². The fraction of sp³-hybridized carbons (Fsp3) is 0.308. The van der Waals surface area contributed by atoms with Crippen LogP contribution in [0.15, 0.2) is 54.7 Å². The molecule has 0 aliphatic carbocycles. The number of amides is 1. The zero-order chi connectivity index (χ0) is 24.6. The first kappa shape index (κ1) is 22.6. The molecule has 2 aromatic heterocycles. The highest BCUT2D eigenvalue weighted by atomic mass is 16.5. The lowest BCUT2D eigenvalue weighted by atomic mass is 9.87. The third-order valence-corrected chi connectivity index (χ3v) is 6.20. The summed E-state index contributed by atoms with van der Waals surface area (Å²) in [5.74, 6) is 1.30. The Morgan fingerprint density at radius 1 is 1.17 bits per heavy atom. The zero-order valence-corrected chi connectivity index (χ0v) is 20.1. The van der Waals surface area contributed by atoms with Crippen molar-refractivity contribution in [1.29, 1.82) is 0 Å². The lowest BCUT2D eigenvalue weighted by Crippen LogP contribution is -2.47. The number of ether oxygens (including phenoxy) is 1. The van der Waals surface area contributed by atoms with Crippen molar-refractivity contribution < 1.29 is 9.53 Å². The van der Waals surface area contributed by atoms with Crippen LogP contribution in [-0.4, -0.2) is 45.3 Å². The van der Waals surface area contributed by atoms with E-state index in [1.54, 1.807) is 11.1 Å². The summed E-state index contributed by atoms with van der Waals surface area (Å²) in [5, 5.41) is 11.1. The molecule has 0 saturated carbocycles. The number of nitrogens with one attached hydrogen (secondary N) is 2. The minimum atomic E-state index is -0.112. The van der Waals surface area contributed by atoms with Gasteiger partial charge in [-0.05, 0) is 41.2 Å². The highest BCUT2D eigenvalue weighted by Crippen LogP contribution is 2.30. The summed E-state index contributed by atoms with van der Waals surface area (Å²) < 4.78 is 5.86. The van der Waals surface area contributed by atoms with Gasteiger partial charge < -0.3 is 20.7 Å². The number of anilines is 3. The van der Waals surface area contributed by atoms with Crippen molar-refractivity contribution in [2.75, 3.05) is 29.1 Å².